The van der Waals surface area contributed by atoms with Gasteiger partial charge in [-0.05, 0) is 6.92 Å². The number of hydrogen-bond acceptors (Lipinski definition) is 2. The summed E-state index contributed by atoms with van der Waals surface area (Å²) in [7, 11) is 0. The van der Waals surface area contributed by atoms with Crippen molar-refractivity contribution in [3.63, 3.8) is 0 Å². The first-order valence-electron chi connectivity index (χ1n) is 3.95. The normalized spacial score (nSPS) is 10.3. The highest BCUT2D eigenvalue weighted by atomic mass is 35.5. The summed E-state index contributed by atoms with van der Waals surface area (Å²) in [6.45, 7) is 2.04. The van der Waals surface area contributed by atoms with Gasteiger partial charge in [-0.1, -0.05) is 46.6 Å². The third-order valence-corrected chi connectivity index (χ3v) is 2.00. The van der Waals surface area contributed by atoms with E-state index >= 15 is 0 Å². The molecule has 0 aliphatic rings. The standard InChI is InChI=1S/C10H8ClNO/c1-7-2-4-8(5-3-7)9-6-10(11)12-13-9/h2-6H,1H3. The fourth-order valence-corrected chi connectivity index (χ4v) is 1.24. The zero-order valence-corrected chi connectivity index (χ0v) is 7.88. The van der Waals surface area contributed by atoms with Crippen molar-refractivity contribution in [2.24, 2.45) is 0 Å². The molecule has 2 rings (SSSR count). The molecule has 0 N–H and O–H groups in total. The van der Waals surface area contributed by atoms with E-state index in [0.717, 1.165) is 5.56 Å². The van der Waals surface area contributed by atoms with Crippen LogP contribution in [0.15, 0.2) is 34.9 Å². The number of benzene rings is 1. The molecule has 0 fully saturated rings. The van der Waals surface area contributed by atoms with E-state index in [4.69, 9.17) is 16.1 Å². The second kappa shape index (κ2) is 3.23. The molecule has 13 heavy (non-hydrogen) atoms. The van der Waals surface area contributed by atoms with E-state index in [1.807, 2.05) is 31.2 Å². The zero-order chi connectivity index (χ0) is 9.26. The highest BCUT2D eigenvalue weighted by Crippen LogP contribution is 2.22. The molecule has 2 aromatic rings. The Hall–Kier alpha value is -1.28. The van der Waals surface area contributed by atoms with E-state index in [1.54, 1.807) is 6.07 Å². The van der Waals surface area contributed by atoms with Gasteiger partial charge < -0.3 is 4.52 Å². The monoisotopic (exact) mass is 193 g/mol. The maximum Gasteiger partial charge on any atom is 0.172 e. The lowest BCUT2D eigenvalue weighted by Gasteiger charge is -1.94. The first kappa shape index (κ1) is 8.32. The van der Waals surface area contributed by atoms with Crippen LogP contribution in [0.2, 0.25) is 5.15 Å². The van der Waals surface area contributed by atoms with Crippen LogP contribution in [0.4, 0.5) is 0 Å². The van der Waals surface area contributed by atoms with E-state index in [9.17, 15) is 0 Å². The number of halogens is 1. The van der Waals surface area contributed by atoms with Crippen LogP contribution < -0.4 is 0 Å². The van der Waals surface area contributed by atoms with Crippen LogP contribution in [0.1, 0.15) is 5.56 Å². The van der Waals surface area contributed by atoms with Gasteiger partial charge in [-0.15, -0.1) is 0 Å². The van der Waals surface area contributed by atoms with Gasteiger partial charge >= 0.3 is 0 Å². The average Bonchev–Trinajstić information content (AvgIpc) is 2.53. The van der Waals surface area contributed by atoms with E-state index in [2.05, 4.69) is 5.16 Å². The molecule has 0 saturated heterocycles. The largest absolute Gasteiger partial charge is 0.355 e. The van der Waals surface area contributed by atoms with Gasteiger partial charge in [0.1, 0.15) is 0 Å². The molecule has 0 bridgehead atoms. The van der Waals surface area contributed by atoms with Crippen LogP contribution in [0.5, 0.6) is 0 Å². The Bertz CT molecular complexity index is 405. The Kier molecular flexibility index (Phi) is 2.07. The topological polar surface area (TPSA) is 26.0 Å². The molecule has 0 aliphatic heterocycles. The van der Waals surface area contributed by atoms with Gasteiger partial charge in [0.15, 0.2) is 10.9 Å². The maximum absolute atomic E-state index is 5.64. The van der Waals surface area contributed by atoms with Crippen LogP contribution >= 0.6 is 11.6 Å². The fourth-order valence-electron chi connectivity index (χ4n) is 1.11. The van der Waals surface area contributed by atoms with Gasteiger partial charge in [0, 0.05) is 11.6 Å². The smallest absolute Gasteiger partial charge is 0.172 e. The van der Waals surface area contributed by atoms with Crippen molar-refractivity contribution in [3.8, 4) is 11.3 Å². The van der Waals surface area contributed by atoms with E-state index < -0.39 is 0 Å². The van der Waals surface area contributed by atoms with Gasteiger partial charge in [-0.3, -0.25) is 0 Å². The van der Waals surface area contributed by atoms with Gasteiger partial charge in [0.25, 0.3) is 0 Å². The van der Waals surface area contributed by atoms with Crippen LogP contribution in [0.25, 0.3) is 11.3 Å². The second-order valence-corrected chi connectivity index (χ2v) is 3.27. The molecule has 0 radical (unpaired) electrons. The number of rotatable bonds is 1. The molecule has 1 heterocycles. The number of hydrogen-bond donors (Lipinski definition) is 0. The molecule has 1 aromatic carbocycles. The number of aromatic nitrogens is 1. The fraction of sp³-hybridized carbons (Fsp3) is 0.100. The van der Waals surface area contributed by atoms with Gasteiger partial charge in [0.2, 0.25) is 0 Å². The van der Waals surface area contributed by atoms with Crippen LogP contribution in [0, 0.1) is 6.92 Å². The Morgan fingerprint density at radius 3 is 2.46 bits per heavy atom. The molecule has 1 aromatic heterocycles. The molecule has 0 saturated carbocycles. The van der Waals surface area contributed by atoms with E-state index in [-0.39, 0.29) is 0 Å². The zero-order valence-electron chi connectivity index (χ0n) is 7.12. The summed E-state index contributed by atoms with van der Waals surface area (Å²) < 4.78 is 5.01. The van der Waals surface area contributed by atoms with Gasteiger partial charge in [-0.25, -0.2) is 0 Å². The van der Waals surface area contributed by atoms with Crippen molar-refractivity contribution in [1.29, 1.82) is 0 Å². The van der Waals surface area contributed by atoms with Crippen LogP contribution in [-0.2, 0) is 0 Å². The highest BCUT2D eigenvalue weighted by molar-refractivity contribution is 6.29. The third-order valence-electron chi connectivity index (χ3n) is 1.82. The van der Waals surface area contributed by atoms with Crippen molar-refractivity contribution in [1.82, 2.24) is 5.16 Å². The van der Waals surface area contributed by atoms with Crippen molar-refractivity contribution < 1.29 is 4.52 Å². The molecule has 2 nitrogen and oxygen atoms in total. The number of nitrogens with zero attached hydrogens (tertiary/aromatic N) is 1. The second-order valence-electron chi connectivity index (χ2n) is 2.88. The summed E-state index contributed by atoms with van der Waals surface area (Å²) in [4.78, 5) is 0. The molecular weight excluding hydrogens is 186 g/mol. The lowest BCUT2D eigenvalue weighted by atomic mass is 10.1. The molecule has 0 aliphatic carbocycles. The first-order valence-corrected chi connectivity index (χ1v) is 4.33. The summed E-state index contributed by atoms with van der Waals surface area (Å²) >= 11 is 5.64. The van der Waals surface area contributed by atoms with Crippen LogP contribution in [-0.4, -0.2) is 5.16 Å². The molecule has 0 atom stereocenters. The number of aryl methyl sites for hydroxylation is 1. The summed E-state index contributed by atoms with van der Waals surface area (Å²) in [6, 6.07) is 9.70. The average molecular weight is 194 g/mol. The minimum absolute atomic E-state index is 0.385. The summed E-state index contributed by atoms with van der Waals surface area (Å²) in [5, 5.41) is 3.99. The summed E-state index contributed by atoms with van der Waals surface area (Å²) in [5.74, 6) is 0.699. The van der Waals surface area contributed by atoms with Crippen LogP contribution in [0.3, 0.4) is 0 Å². The Morgan fingerprint density at radius 2 is 1.92 bits per heavy atom. The quantitative estimate of drug-likeness (QED) is 0.695. The Balaban J connectivity index is 2.41. The maximum atomic E-state index is 5.64. The highest BCUT2D eigenvalue weighted by Gasteiger charge is 2.03. The molecule has 3 heteroatoms. The van der Waals surface area contributed by atoms with Gasteiger partial charge in [-0.2, -0.15) is 0 Å². The SMILES string of the molecule is Cc1ccc(-c2cc(Cl)no2)cc1. The van der Waals surface area contributed by atoms with Gasteiger partial charge in [0.05, 0.1) is 0 Å². The lowest BCUT2D eigenvalue weighted by Crippen LogP contribution is -1.74. The molecule has 0 amide bonds. The third kappa shape index (κ3) is 1.73. The minimum atomic E-state index is 0.385. The van der Waals surface area contributed by atoms with E-state index in [1.165, 1.54) is 5.56 Å². The molecule has 0 unspecified atom stereocenters. The van der Waals surface area contributed by atoms with E-state index in [0.29, 0.717) is 10.9 Å². The van der Waals surface area contributed by atoms with Crippen molar-refractivity contribution in [3.05, 3.63) is 41.0 Å². The van der Waals surface area contributed by atoms with Crippen molar-refractivity contribution in [2.75, 3.05) is 0 Å². The Morgan fingerprint density at radius 1 is 1.23 bits per heavy atom. The lowest BCUT2D eigenvalue weighted by molar-refractivity contribution is 0.432. The minimum Gasteiger partial charge on any atom is -0.355 e. The molecular formula is C10H8ClNO. The molecule has 0 spiro atoms. The predicted octanol–water partition coefficient (Wildman–Crippen LogP) is 3.30. The van der Waals surface area contributed by atoms with Crippen molar-refractivity contribution in [2.45, 2.75) is 6.92 Å². The predicted molar refractivity (Wildman–Crippen MR) is 51.7 cm³/mol. The Labute approximate surface area is 81.1 Å². The van der Waals surface area contributed by atoms with Crippen molar-refractivity contribution >= 4 is 11.6 Å². The summed E-state index contributed by atoms with van der Waals surface area (Å²) in [5.41, 5.74) is 2.21. The molecule has 66 valence electrons. The first-order chi connectivity index (χ1) is 6.25. The summed E-state index contributed by atoms with van der Waals surface area (Å²) in [6.07, 6.45) is 0.